The quantitative estimate of drug-likeness (QED) is 0.0415. The zero-order valence-corrected chi connectivity index (χ0v) is 31.8. The lowest BCUT2D eigenvalue weighted by atomic mass is 9.98. The normalized spacial score (nSPS) is 30.0. The van der Waals surface area contributed by atoms with Crippen LogP contribution in [0.2, 0.25) is 0 Å². The van der Waals surface area contributed by atoms with Crippen LogP contribution in [0.1, 0.15) is 136 Å². The SMILES string of the molecule is CCCCCCCCCCCCCCOCC(COC1OC(COC2OC(CO)C(O)C(O)C2O)C(O)C(O)C1O)OC(=O)CCCCCCCC. The predicted molar refractivity (Wildman–Crippen MR) is 192 cm³/mol. The van der Waals surface area contributed by atoms with Gasteiger partial charge in [0.25, 0.3) is 0 Å². The number of aliphatic hydroxyl groups is 7. The van der Waals surface area contributed by atoms with Crippen molar-refractivity contribution in [2.75, 3.05) is 33.0 Å². The van der Waals surface area contributed by atoms with Crippen LogP contribution in [0.4, 0.5) is 0 Å². The van der Waals surface area contributed by atoms with Gasteiger partial charge in [0.15, 0.2) is 12.6 Å². The molecule has 308 valence electrons. The number of ether oxygens (including phenoxy) is 6. The second kappa shape index (κ2) is 28.4. The molecule has 2 heterocycles. The number of esters is 1. The molecule has 0 aromatic carbocycles. The van der Waals surface area contributed by atoms with Crippen LogP contribution in [0.15, 0.2) is 0 Å². The van der Waals surface area contributed by atoms with E-state index in [0.717, 1.165) is 44.9 Å². The lowest BCUT2D eigenvalue weighted by molar-refractivity contribution is -0.332. The summed E-state index contributed by atoms with van der Waals surface area (Å²) in [6, 6.07) is 0. The summed E-state index contributed by atoms with van der Waals surface area (Å²) >= 11 is 0. The Morgan fingerprint density at radius 2 is 1.02 bits per heavy atom. The lowest BCUT2D eigenvalue weighted by Gasteiger charge is -2.42. The Balaban J connectivity index is 1.83. The molecule has 2 aliphatic rings. The number of carbonyl (C=O) groups excluding carboxylic acids is 1. The highest BCUT2D eigenvalue weighted by atomic mass is 16.7. The van der Waals surface area contributed by atoms with Crippen molar-refractivity contribution in [2.24, 2.45) is 0 Å². The van der Waals surface area contributed by atoms with E-state index in [1.54, 1.807) is 0 Å². The number of unbranched alkanes of at least 4 members (excludes halogenated alkanes) is 16. The number of carbonyl (C=O) groups is 1. The van der Waals surface area contributed by atoms with Crippen molar-refractivity contribution in [2.45, 2.75) is 203 Å². The fraction of sp³-hybridized carbons (Fsp3) is 0.974. The average Bonchev–Trinajstić information content (AvgIpc) is 3.14. The van der Waals surface area contributed by atoms with Gasteiger partial charge in [-0.05, 0) is 12.8 Å². The van der Waals surface area contributed by atoms with Crippen molar-refractivity contribution in [3.63, 3.8) is 0 Å². The zero-order chi connectivity index (χ0) is 38.1. The van der Waals surface area contributed by atoms with Crippen LogP contribution in [-0.4, -0.2) is 142 Å². The van der Waals surface area contributed by atoms with Crippen LogP contribution in [0, 0.1) is 0 Å². The third kappa shape index (κ3) is 18.1. The second-order valence-electron chi connectivity index (χ2n) is 14.5. The van der Waals surface area contributed by atoms with E-state index in [0.29, 0.717) is 13.0 Å². The van der Waals surface area contributed by atoms with E-state index in [2.05, 4.69) is 13.8 Å². The maximum atomic E-state index is 12.7. The van der Waals surface area contributed by atoms with E-state index in [-0.39, 0.29) is 25.6 Å². The molecule has 2 saturated heterocycles. The van der Waals surface area contributed by atoms with Gasteiger partial charge in [0.2, 0.25) is 0 Å². The highest BCUT2D eigenvalue weighted by Crippen LogP contribution is 2.26. The molecule has 2 aliphatic heterocycles. The minimum Gasteiger partial charge on any atom is -0.457 e. The van der Waals surface area contributed by atoms with Gasteiger partial charge >= 0.3 is 5.97 Å². The van der Waals surface area contributed by atoms with Gasteiger partial charge in [-0.15, -0.1) is 0 Å². The van der Waals surface area contributed by atoms with Crippen molar-refractivity contribution >= 4 is 5.97 Å². The summed E-state index contributed by atoms with van der Waals surface area (Å²) in [5.74, 6) is -0.385. The van der Waals surface area contributed by atoms with E-state index in [9.17, 15) is 40.5 Å². The largest absolute Gasteiger partial charge is 0.457 e. The fourth-order valence-electron chi connectivity index (χ4n) is 6.46. The molecule has 0 bridgehead atoms. The molecule has 52 heavy (non-hydrogen) atoms. The molecule has 11 unspecified atom stereocenters. The van der Waals surface area contributed by atoms with Crippen LogP contribution in [0.3, 0.4) is 0 Å². The van der Waals surface area contributed by atoms with E-state index < -0.39 is 80.7 Å². The molecule has 0 aromatic rings. The number of aliphatic hydroxyl groups excluding tert-OH is 7. The summed E-state index contributed by atoms with van der Waals surface area (Å²) < 4.78 is 33.9. The molecule has 0 amide bonds. The Morgan fingerprint density at radius 1 is 0.558 bits per heavy atom. The number of rotatable bonds is 30. The minimum atomic E-state index is -1.70. The molecule has 0 aliphatic carbocycles. The maximum absolute atomic E-state index is 12.7. The first-order valence-corrected chi connectivity index (χ1v) is 20.1. The Bertz CT molecular complexity index is 881. The topological polar surface area (TPSA) is 214 Å². The van der Waals surface area contributed by atoms with E-state index in [1.165, 1.54) is 64.2 Å². The summed E-state index contributed by atoms with van der Waals surface area (Å²) in [6.07, 6.45) is 5.04. The molecule has 14 nitrogen and oxygen atoms in total. The van der Waals surface area contributed by atoms with Crippen molar-refractivity contribution in [1.29, 1.82) is 0 Å². The number of hydrogen-bond acceptors (Lipinski definition) is 14. The van der Waals surface area contributed by atoms with E-state index in [4.69, 9.17) is 28.4 Å². The molecule has 7 N–H and O–H groups in total. The molecule has 11 atom stereocenters. The van der Waals surface area contributed by atoms with Crippen molar-refractivity contribution in [3.8, 4) is 0 Å². The standard InChI is InChI=1S/C38H72O14/c1-3-5-7-9-11-12-13-14-15-16-18-20-22-47-24-27(50-30(40)21-19-17-10-8-6-4-2)25-48-37-36(46)34(44)32(42)29(52-37)26-49-38-35(45)33(43)31(41)28(23-39)51-38/h27-29,31-39,41-46H,3-26H2,1-2H3. The Hall–Kier alpha value is -1.01. The highest BCUT2D eigenvalue weighted by molar-refractivity contribution is 5.69. The molecule has 0 aromatic heterocycles. The molecule has 0 saturated carbocycles. The third-order valence-electron chi connectivity index (χ3n) is 9.87. The first kappa shape index (κ1) is 47.1. The van der Waals surface area contributed by atoms with Crippen molar-refractivity contribution in [3.05, 3.63) is 0 Å². The predicted octanol–water partition coefficient (Wildman–Crippen LogP) is 3.01. The number of hydrogen-bond donors (Lipinski definition) is 7. The fourth-order valence-corrected chi connectivity index (χ4v) is 6.46. The van der Waals surface area contributed by atoms with Crippen LogP contribution in [0.5, 0.6) is 0 Å². The first-order valence-electron chi connectivity index (χ1n) is 20.1. The van der Waals surface area contributed by atoms with Gasteiger partial charge in [-0.3, -0.25) is 4.79 Å². The first-order chi connectivity index (χ1) is 25.1. The van der Waals surface area contributed by atoms with Crippen molar-refractivity contribution in [1.82, 2.24) is 0 Å². The van der Waals surface area contributed by atoms with Crippen LogP contribution < -0.4 is 0 Å². The molecule has 2 rings (SSSR count). The van der Waals surface area contributed by atoms with Crippen LogP contribution in [0.25, 0.3) is 0 Å². The van der Waals surface area contributed by atoms with Crippen LogP contribution >= 0.6 is 0 Å². The summed E-state index contributed by atoms with van der Waals surface area (Å²) in [6.45, 7) is 3.60. The Labute approximate surface area is 311 Å². The van der Waals surface area contributed by atoms with Gasteiger partial charge in [-0.1, -0.05) is 117 Å². The van der Waals surface area contributed by atoms with E-state index in [1.807, 2.05) is 0 Å². The minimum absolute atomic E-state index is 0.0674. The van der Waals surface area contributed by atoms with Gasteiger partial charge in [0.05, 0.1) is 26.4 Å². The van der Waals surface area contributed by atoms with Crippen LogP contribution in [-0.2, 0) is 33.2 Å². The zero-order valence-electron chi connectivity index (χ0n) is 31.8. The molecular weight excluding hydrogens is 680 g/mol. The smallest absolute Gasteiger partial charge is 0.306 e. The van der Waals surface area contributed by atoms with Gasteiger partial charge in [-0.25, -0.2) is 0 Å². The monoisotopic (exact) mass is 752 g/mol. The molecular formula is C38H72O14. The molecule has 0 radical (unpaired) electrons. The van der Waals surface area contributed by atoms with Gasteiger partial charge in [0, 0.05) is 13.0 Å². The Morgan fingerprint density at radius 3 is 1.56 bits per heavy atom. The summed E-state index contributed by atoms with van der Waals surface area (Å²) in [5.41, 5.74) is 0. The maximum Gasteiger partial charge on any atom is 0.306 e. The third-order valence-corrected chi connectivity index (χ3v) is 9.87. The summed E-state index contributed by atoms with van der Waals surface area (Å²) in [5, 5.41) is 71.5. The van der Waals surface area contributed by atoms with E-state index >= 15 is 0 Å². The lowest BCUT2D eigenvalue weighted by Crippen LogP contribution is -2.61. The molecule has 0 spiro atoms. The summed E-state index contributed by atoms with van der Waals surface area (Å²) in [7, 11) is 0. The second-order valence-corrected chi connectivity index (χ2v) is 14.5. The van der Waals surface area contributed by atoms with Gasteiger partial charge < -0.3 is 64.2 Å². The van der Waals surface area contributed by atoms with Gasteiger partial charge in [0.1, 0.15) is 54.9 Å². The van der Waals surface area contributed by atoms with Crippen molar-refractivity contribution < 1.29 is 69.0 Å². The summed E-state index contributed by atoms with van der Waals surface area (Å²) in [4.78, 5) is 12.7. The molecule has 2 fully saturated rings. The Kier molecular flexibility index (Phi) is 25.8. The highest BCUT2D eigenvalue weighted by Gasteiger charge is 2.47. The average molecular weight is 753 g/mol. The molecule has 14 heteroatoms. The van der Waals surface area contributed by atoms with Gasteiger partial charge in [-0.2, -0.15) is 0 Å².